The number of hydrogen-bond donors (Lipinski definition) is 0. The van der Waals surface area contributed by atoms with Gasteiger partial charge in [0.25, 0.3) is 0 Å². The van der Waals surface area contributed by atoms with E-state index in [0.717, 1.165) is 0 Å². The lowest BCUT2D eigenvalue weighted by molar-refractivity contribution is 0.167. The first-order valence-electron chi connectivity index (χ1n) is 21.2. The lowest BCUT2D eigenvalue weighted by atomic mass is 10.1. The van der Waals surface area contributed by atoms with Gasteiger partial charge >= 0.3 is 0 Å². The molecular weight excluding hydrogens is 575 g/mol. The number of rotatable bonds is 36. The second-order valence-electron chi connectivity index (χ2n) is 14.9. The maximum atomic E-state index is 6.58. The number of ether oxygens (including phenoxy) is 1. The van der Waals surface area contributed by atoms with Crippen LogP contribution in [0.15, 0.2) is 30.3 Å². The summed E-state index contributed by atoms with van der Waals surface area (Å²) in [7, 11) is 0.757. The fourth-order valence-electron chi connectivity index (χ4n) is 7.72. The molecule has 0 fully saturated rings. The first kappa shape index (κ1) is 43.6. The maximum absolute atomic E-state index is 6.58. The van der Waals surface area contributed by atoms with Gasteiger partial charge in [-0.25, -0.2) is 0 Å². The Labute approximate surface area is 291 Å². The largest absolute Gasteiger partial charge is 0.343 e. The molecule has 270 valence electrons. The Kier molecular flexibility index (Phi) is 31.4. The molecule has 1 atom stereocenters. The van der Waals surface area contributed by atoms with Crippen LogP contribution in [-0.2, 0) is 4.74 Å². The summed E-state index contributed by atoms with van der Waals surface area (Å²) < 4.78 is 6.58. The minimum absolute atomic E-state index is 0.337. The standard InChI is InChI=1S/C44H84OP/c1-5-8-11-14-17-20-23-26-29-35-40-46(44(45-4)43-38-33-32-34-39-43,41-36-30-27-24-21-18-15-12-9-6-2)42-37-31-28-25-22-19-16-13-10-7-3/h32-34,38-39,44H,5-31,35-37,40-42H2,1-4H3/q+1. The van der Waals surface area contributed by atoms with E-state index in [0.29, 0.717) is 5.85 Å². The highest BCUT2D eigenvalue weighted by Crippen LogP contribution is 2.71. The maximum Gasteiger partial charge on any atom is 0.192 e. The molecule has 2 heteroatoms. The average molecular weight is 660 g/mol. The molecule has 0 radical (unpaired) electrons. The minimum atomic E-state index is -1.27. The highest BCUT2D eigenvalue weighted by atomic mass is 31.2. The Morgan fingerprint density at radius 3 is 0.913 bits per heavy atom. The Bertz CT molecular complexity index is 658. The summed E-state index contributed by atoms with van der Waals surface area (Å²) in [6.07, 6.45) is 47.3. The molecule has 0 saturated heterocycles. The lowest BCUT2D eigenvalue weighted by Crippen LogP contribution is -2.18. The monoisotopic (exact) mass is 660 g/mol. The Hall–Kier alpha value is -0.390. The zero-order valence-corrected chi connectivity index (χ0v) is 33.0. The van der Waals surface area contributed by atoms with Crippen LogP contribution in [0.25, 0.3) is 0 Å². The number of benzene rings is 1. The van der Waals surface area contributed by atoms with Crippen molar-refractivity contribution in [3.05, 3.63) is 35.9 Å². The molecule has 0 aliphatic carbocycles. The number of hydrogen-bond acceptors (Lipinski definition) is 1. The first-order valence-corrected chi connectivity index (χ1v) is 23.6. The van der Waals surface area contributed by atoms with Gasteiger partial charge < -0.3 is 4.74 Å². The fourth-order valence-corrected chi connectivity index (χ4v) is 12.9. The van der Waals surface area contributed by atoms with E-state index in [9.17, 15) is 0 Å². The molecule has 1 aromatic rings. The summed E-state index contributed by atoms with van der Waals surface area (Å²) in [5.41, 5.74) is 1.46. The van der Waals surface area contributed by atoms with Crippen LogP contribution in [-0.4, -0.2) is 25.6 Å². The van der Waals surface area contributed by atoms with Gasteiger partial charge in [-0.1, -0.05) is 205 Å². The van der Waals surface area contributed by atoms with Crippen LogP contribution in [0.5, 0.6) is 0 Å². The predicted molar refractivity (Wildman–Crippen MR) is 213 cm³/mol. The third kappa shape index (κ3) is 23.0. The molecule has 1 nitrogen and oxygen atoms in total. The molecule has 0 heterocycles. The van der Waals surface area contributed by atoms with Crippen molar-refractivity contribution in [2.45, 2.75) is 219 Å². The van der Waals surface area contributed by atoms with Gasteiger partial charge in [0.2, 0.25) is 0 Å². The third-order valence-corrected chi connectivity index (χ3v) is 15.8. The molecule has 1 aromatic carbocycles. The van der Waals surface area contributed by atoms with E-state index < -0.39 is 7.26 Å². The van der Waals surface area contributed by atoms with E-state index in [4.69, 9.17) is 4.74 Å². The summed E-state index contributed by atoms with van der Waals surface area (Å²) in [4.78, 5) is 0. The first-order chi connectivity index (χ1) is 22.7. The summed E-state index contributed by atoms with van der Waals surface area (Å²) in [6.45, 7) is 6.96. The van der Waals surface area contributed by atoms with Crippen LogP contribution in [0.4, 0.5) is 0 Å². The molecule has 0 bridgehead atoms. The van der Waals surface area contributed by atoms with Gasteiger partial charge in [0.15, 0.2) is 5.85 Å². The SMILES string of the molecule is CCCCCCCCCCCC[P+](CCCCCCCCCCCC)(CCCCCCCCCCCC)C(OC)c1ccccc1. The summed E-state index contributed by atoms with van der Waals surface area (Å²) in [6, 6.07) is 11.4. The van der Waals surface area contributed by atoms with E-state index in [1.54, 1.807) is 0 Å². The number of methoxy groups -OCH3 is 1. The highest BCUT2D eigenvalue weighted by Gasteiger charge is 2.45. The quantitative estimate of drug-likeness (QED) is 0.0514. The van der Waals surface area contributed by atoms with Crippen molar-refractivity contribution in [2.75, 3.05) is 25.6 Å². The predicted octanol–water partition coefficient (Wildman–Crippen LogP) is 16.1. The molecule has 0 aliphatic rings. The van der Waals surface area contributed by atoms with Crippen molar-refractivity contribution in [3.63, 3.8) is 0 Å². The van der Waals surface area contributed by atoms with Gasteiger partial charge in [-0.15, -0.1) is 0 Å². The van der Waals surface area contributed by atoms with Crippen molar-refractivity contribution >= 4 is 7.26 Å². The zero-order valence-electron chi connectivity index (χ0n) is 32.2. The Balaban J connectivity index is 2.75. The normalized spacial score (nSPS) is 12.6. The highest BCUT2D eigenvalue weighted by molar-refractivity contribution is 7.76. The van der Waals surface area contributed by atoms with Gasteiger partial charge in [-0.2, -0.15) is 0 Å². The molecule has 0 N–H and O–H groups in total. The molecule has 1 rings (SSSR count). The van der Waals surface area contributed by atoms with Crippen LogP contribution in [0.1, 0.15) is 225 Å². The van der Waals surface area contributed by atoms with E-state index in [2.05, 4.69) is 51.1 Å². The Morgan fingerprint density at radius 2 is 0.652 bits per heavy atom. The second-order valence-corrected chi connectivity index (χ2v) is 19.2. The molecule has 46 heavy (non-hydrogen) atoms. The lowest BCUT2D eigenvalue weighted by Gasteiger charge is -2.35. The molecule has 0 aromatic heterocycles. The third-order valence-electron chi connectivity index (χ3n) is 10.7. The topological polar surface area (TPSA) is 9.23 Å². The molecular formula is C44H84OP+. The summed E-state index contributed by atoms with van der Waals surface area (Å²) in [5.74, 6) is 0.337. The van der Waals surface area contributed by atoms with Gasteiger partial charge in [0.05, 0.1) is 18.5 Å². The molecule has 0 amide bonds. The van der Waals surface area contributed by atoms with E-state index >= 15 is 0 Å². The van der Waals surface area contributed by atoms with Crippen LogP contribution in [0, 0.1) is 0 Å². The van der Waals surface area contributed by atoms with Gasteiger partial charge in [-0.3, -0.25) is 0 Å². The van der Waals surface area contributed by atoms with Crippen molar-refractivity contribution in [1.29, 1.82) is 0 Å². The fraction of sp³-hybridized carbons (Fsp3) is 0.864. The van der Waals surface area contributed by atoms with Crippen LogP contribution in [0.3, 0.4) is 0 Å². The van der Waals surface area contributed by atoms with Crippen LogP contribution in [0.2, 0.25) is 0 Å². The van der Waals surface area contributed by atoms with Crippen molar-refractivity contribution < 1.29 is 4.74 Å². The van der Waals surface area contributed by atoms with Crippen LogP contribution < -0.4 is 0 Å². The van der Waals surface area contributed by atoms with Gasteiger partial charge in [0.1, 0.15) is 0 Å². The van der Waals surface area contributed by atoms with Gasteiger partial charge in [-0.05, 0) is 38.5 Å². The van der Waals surface area contributed by atoms with Crippen molar-refractivity contribution in [2.24, 2.45) is 0 Å². The zero-order chi connectivity index (χ0) is 33.2. The minimum Gasteiger partial charge on any atom is -0.343 e. The summed E-state index contributed by atoms with van der Waals surface area (Å²) in [5, 5.41) is 0. The van der Waals surface area contributed by atoms with E-state index in [1.807, 2.05) is 7.11 Å². The van der Waals surface area contributed by atoms with E-state index in [-0.39, 0.29) is 0 Å². The smallest absolute Gasteiger partial charge is 0.192 e. The molecule has 1 unspecified atom stereocenters. The van der Waals surface area contributed by atoms with Gasteiger partial charge in [0, 0.05) is 19.9 Å². The van der Waals surface area contributed by atoms with Crippen LogP contribution >= 0.6 is 7.26 Å². The summed E-state index contributed by atoms with van der Waals surface area (Å²) >= 11 is 0. The average Bonchev–Trinajstić information content (AvgIpc) is 3.08. The molecule has 0 saturated carbocycles. The Morgan fingerprint density at radius 1 is 0.391 bits per heavy atom. The van der Waals surface area contributed by atoms with Crippen molar-refractivity contribution in [3.8, 4) is 0 Å². The van der Waals surface area contributed by atoms with E-state index in [1.165, 1.54) is 217 Å². The van der Waals surface area contributed by atoms with Crippen molar-refractivity contribution in [1.82, 2.24) is 0 Å². The number of unbranched alkanes of at least 4 members (excludes halogenated alkanes) is 27. The second kappa shape index (κ2) is 33.1. The molecule has 0 spiro atoms. The molecule has 0 aliphatic heterocycles.